The van der Waals surface area contributed by atoms with E-state index in [-0.39, 0.29) is 23.3 Å². The van der Waals surface area contributed by atoms with Crippen molar-refractivity contribution >= 4 is 5.91 Å². The highest BCUT2D eigenvalue weighted by Gasteiger charge is 2.29. The monoisotopic (exact) mass is 337 g/mol. The third kappa shape index (κ3) is 3.80. The maximum Gasteiger partial charge on any atom is 0.257 e. The maximum absolute atomic E-state index is 14.3. The van der Waals surface area contributed by atoms with Gasteiger partial charge >= 0.3 is 0 Å². The fourth-order valence-corrected chi connectivity index (χ4v) is 3.00. The molecule has 1 aromatic carbocycles. The molecule has 1 saturated carbocycles. The van der Waals surface area contributed by atoms with Gasteiger partial charge in [-0.25, -0.2) is 4.39 Å². The third-order valence-corrected chi connectivity index (χ3v) is 4.63. The van der Waals surface area contributed by atoms with Gasteiger partial charge in [-0.15, -0.1) is 0 Å². The lowest BCUT2D eigenvalue weighted by atomic mass is 10.1. The van der Waals surface area contributed by atoms with Gasteiger partial charge in [0.25, 0.3) is 5.91 Å². The molecule has 24 heavy (non-hydrogen) atoms. The largest absolute Gasteiger partial charge is 0.493 e. The molecule has 3 rings (SSSR count). The van der Waals surface area contributed by atoms with Crippen molar-refractivity contribution in [2.24, 2.45) is 5.92 Å². The van der Waals surface area contributed by atoms with Crippen LogP contribution in [0, 0.1) is 11.7 Å². The highest BCUT2D eigenvalue weighted by molar-refractivity contribution is 5.95. The number of piperidine rings is 1. The SMILES string of the molecule is COc1cc(F)c(C(=O)N2CCCC(OCC3CC3)C2)cc1OC. The summed E-state index contributed by atoms with van der Waals surface area (Å²) in [5.41, 5.74) is 0.00972. The van der Waals surface area contributed by atoms with Crippen LogP contribution in [0.15, 0.2) is 12.1 Å². The molecule has 5 nitrogen and oxygen atoms in total. The van der Waals surface area contributed by atoms with Gasteiger partial charge in [0, 0.05) is 25.8 Å². The van der Waals surface area contributed by atoms with Crippen LogP contribution < -0.4 is 9.47 Å². The zero-order valence-electron chi connectivity index (χ0n) is 14.2. The van der Waals surface area contributed by atoms with Crippen LogP contribution in [0.25, 0.3) is 0 Å². The Balaban J connectivity index is 1.70. The molecular formula is C18H24FNO4. The van der Waals surface area contributed by atoms with Crippen molar-refractivity contribution in [3.8, 4) is 11.5 Å². The molecule has 0 bridgehead atoms. The lowest BCUT2D eigenvalue weighted by Gasteiger charge is -2.33. The van der Waals surface area contributed by atoms with E-state index in [1.54, 1.807) is 4.90 Å². The predicted octanol–water partition coefficient (Wildman–Crippen LogP) is 2.87. The minimum absolute atomic E-state index is 0.00972. The molecule has 1 amide bonds. The zero-order chi connectivity index (χ0) is 17.1. The van der Waals surface area contributed by atoms with E-state index in [0.29, 0.717) is 24.8 Å². The second kappa shape index (κ2) is 7.38. The van der Waals surface area contributed by atoms with Crippen LogP contribution in [0.3, 0.4) is 0 Å². The Bertz CT molecular complexity index is 603. The van der Waals surface area contributed by atoms with Gasteiger partial charge in [-0.2, -0.15) is 0 Å². The summed E-state index contributed by atoms with van der Waals surface area (Å²) in [6.07, 6.45) is 4.35. The molecule has 1 unspecified atom stereocenters. The van der Waals surface area contributed by atoms with E-state index in [9.17, 15) is 9.18 Å². The van der Waals surface area contributed by atoms with Gasteiger partial charge in [-0.3, -0.25) is 4.79 Å². The molecule has 1 saturated heterocycles. The molecule has 2 fully saturated rings. The molecule has 1 atom stereocenters. The number of hydrogen-bond acceptors (Lipinski definition) is 4. The molecule has 0 radical (unpaired) electrons. The summed E-state index contributed by atoms with van der Waals surface area (Å²) in [5.74, 6) is 0.392. The van der Waals surface area contributed by atoms with E-state index >= 15 is 0 Å². The average Bonchev–Trinajstić information content (AvgIpc) is 3.43. The molecule has 0 N–H and O–H groups in total. The Kier molecular flexibility index (Phi) is 5.23. The van der Waals surface area contributed by atoms with Crippen LogP contribution in [-0.2, 0) is 4.74 Å². The number of carbonyl (C=O) groups is 1. The highest BCUT2D eigenvalue weighted by atomic mass is 19.1. The van der Waals surface area contributed by atoms with Crippen molar-refractivity contribution in [3.05, 3.63) is 23.5 Å². The van der Waals surface area contributed by atoms with E-state index in [4.69, 9.17) is 14.2 Å². The molecule has 1 heterocycles. The Morgan fingerprint density at radius 3 is 2.58 bits per heavy atom. The van der Waals surface area contributed by atoms with Crippen molar-refractivity contribution in [2.75, 3.05) is 33.9 Å². The number of nitrogens with zero attached hydrogens (tertiary/aromatic N) is 1. The molecule has 1 aliphatic heterocycles. The number of benzene rings is 1. The highest BCUT2D eigenvalue weighted by Crippen LogP contribution is 2.32. The van der Waals surface area contributed by atoms with E-state index in [1.165, 1.54) is 39.2 Å². The first-order valence-electron chi connectivity index (χ1n) is 8.44. The predicted molar refractivity (Wildman–Crippen MR) is 87.1 cm³/mol. The van der Waals surface area contributed by atoms with Crippen LogP contribution in [0.4, 0.5) is 4.39 Å². The van der Waals surface area contributed by atoms with Crippen LogP contribution >= 0.6 is 0 Å². The van der Waals surface area contributed by atoms with E-state index in [1.807, 2.05) is 0 Å². The lowest BCUT2D eigenvalue weighted by Crippen LogP contribution is -2.43. The molecule has 132 valence electrons. The number of rotatable bonds is 6. The lowest BCUT2D eigenvalue weighted by molar-refractivity contribution is -0.00256. The van der Waals surface area contributed by atoms with Gasteiger partial charge in [0.15, 0.2) is 11.5 Å². The second-order valence-corrected chi connectivity index (χ2v) is 6.48. The molecular weight excluding hydrogens is 313 g/mol. The standard InChI is InChI=1S/C18H24FNO4/c1-22-16-8-14(15(19)9-17(16)23-2)18(21)20-7-3-4-13(10-20)24-11-12-5-6-12/h8-9,12-13H,3-7,10-11H2,1-2H3. The number of hydrogen-bond donors (Lipinski definition) is 0. The molecule has 0 spiro atoms. The second-order valence-electron chi connectivity index (χ2n) is 6.48. The normalized spacial score (nSPS) is 20.8. The number of amides is 1. The van der Waals surface area contributed by atoms with Gasteiger partial charge < -0.3 is 19.1 Å². The molecule has 0 aromatic heterocycles. The van der Waals surface area contributed by atoms with Gasteiger partial charge in [0.05, 0.1) is 25.9 Å². The van der Waals surface area contributed by atoms with E-state index in [2.05, 4.69) is 0 Å². The Morgan fingerprint density at radius 1 is 1.21 bits per heavy atom. The summed E-state index contributed by atoms with van der Waals surface area (Å²) in [4.78, 5) is 14.4. The summed E-state index contributed by atoms with van der Waals surface area (Å²) in [6.45, 7) is 1.91. The van der Waals surface area contributed by atoms with Crippen molar-refractivity contribution in [3.63, 3.8) is 0 Å². The van der Waals surface area contributed by atoms with Crippen molar-refractivity contribution in [2.45, 2.75) is 31.8 Å². The molecule has 1 aliphatic carbocycles. The quantitative estimate of drug-likeness (QED) is 0.801. The summed E-state index contributed by atoms with van der Waals surface area (Å²) >= 11 is 0. The van der Waals surface area contributed by atoms with Crippen LogP contribution in [0.5, 0.6) is 11.5 Å². The number of likely N-dealkylation sites (tertiary alicyclic amines) is 1. The first kappa shape index (κ1) is 17.0. The molecule has 2 aliphatic rings. The number of methoxy groups -OCH3 is 2. The maximum atomic E-state index is 14.3. The Labute approximate surface area is 141 Å². The van der Waals surface area contributed by atoms with Gasteiger partial charge in [0.1, 0.15) is 5.82 Å². The molecule has 6 heteroatoms. The summed E-state index contributed by atoms with van der Waals surface area (Å²) in [5, 5.41) is 0. The molecule has 1 aromatic rings. The number of halogens is 1. The minimum atomic E-state index is -0.598. The van der Waals surface area contributed by atoms with Gasteiger partial charge in [-0.1, -0.05) is 0 Å². The zero-order valence-corrected chi connectivity index (χ0v) is 14.2. The minimum Gasteiger partial charge on any atom is -0.493 e. The third-order valence-electron chi connectivity index (χ3n) is 4.63. The van der Waals surface area contributed by atoms with Crippen molar-refractivity contribution < 1.29 is 23.4 Å². The van der Waals surface area contributed by atoms with Crippen LogP contribution in [-0.4, -0.2) is 50.8 Å². The topological polar surface area (TPSA) is 48.0 Å². The first-order chi connectivity index (χ1) is 11.6. The Hall–Kier alpha value is -1.82. The van der Waals surface area contributed by atoms with E-state index in [0.717, 1.165) is 19.4 Å². The first-order valence-corrected chi connectivity index (χ1v) is 8.44. The fourth-order valence-electron chi connectivity index (χ4n) is 3.00. The van der Waals surface area contributed by atoms with Gasteiger partial charge in [0.2, 0.25) is 0 Å². The van der Waals surface area contributed by atoms with Crippen molar-refractivity contribution in [1.82, 2.24) is 4.90 Å². The van der Waals surface area contributed by atoms with E-state index < -0.39 is 5.82 Å². The summed E-state index contributed by atoms with van der Waals surface area (Å²) < 4.78 is 30.4. The smallest absolute Gasteiger partial charge is 0.257 e. The summed E-state index contributed by atoms with van der Waals surface area (Å²) in [7, 11) is 2.90. The average molecular weight is 337 g/mol. The van der Waals surface area contributed by atoms with Gasteiger partial charge in [-0.05, 0) is 37.7 Å². The van der Waals surface area contributed by atoms with Crippen LogP contribution in [0.1, 0.15) is 36.0 Å². The van der Waals surface area contributed by atoms with Crippen LogP contribution in [0.2, 0.25) is 0 Å². The number of carbonyl (C=O) groups excluding carboxylic acids is 1. The number of ether oxygens (including phenoxy) is 3. The Morgan fingerprint density at radius 2 is 1.92 bits per heavy atom. The van der Waals surface area contributed by atoms with Crippen molar-refractivity contribution in [1.29, 1.82) is 0 Å². The fraction of sp³-hybridized carbons (Fsp3) is 0.611. The summed E-state index contributed by atoms with van der Waals surface area (Å²) in [6, 6.07) is 2.60.